The van der Waals surface area contributed by atoms with Crippen LogP contribution in [0.3, 0.4) is 0 Å². The number of nitrogens with one attached hydrogen (secondary N) is 1. The lowest BCUT2D eigenvalue weighted by Crippen LogP contribution is -2.46. The van der Waals surface area contributed by atoms with Crippen molar-refractivity contribution < 1.29 is 4.39 Å². The number of hydrogen-bond acceptors (Lipinski definition) is 2. The highest BCUT2D eigenvalue weighted by molar-refractivity contribution is 6.30. The van der Waals surface area contributed by atoms with Crippen molar-refractivity contribution in [2.75, 3.05) is 11.9 Å². The molecule has 2 aromatic carbocycles. The molecule has 3 rings (SSSR count). The second-order valence-electron chi connectivity index (χ2n) is 5.39. The Morgan fingerprint density at radius 3 is 2.35 bits per heavy atom. The van der Waals surface area contributed by atoms with Crippen LogP contribution in [0, 0.1) is 5.82 Å². The second-order valence-corrected chi connectivity index (χ2v) is 5.83. The summed E-state index contributed by atoms with van der Waals surface area (Å²) in [6.07, 6.45) is 1.68. The zero-order valence-corrected chi connectivity index (χ0v) is 11.8. The zero-order chi connectivity index (χ0) is 14.2. The van der Waals surface area contributed by atoms with E-state index in [2.05, 4.69) is 17.4 Å². The molecule has 0 fully saturated rings. The van der Waals surface area contributed by atoms with E-state index in [9.17, 15) is 4.39 Å². The van der Waals surface area contributed by atoms with Crippen LogP contribution >= 0.6 is 11.6 Å². The van der Waals surface area contributed by atoms with Crippen LogP contribution in [0.2, 0.25) is 5.02 Å². The normalized spacial score (nSPS) is 15.9. The fourth-order valence-corrected chi connectivity index (χ4v) is 3.13. The van der Waals surface area contributed by atoms with Crippen molar-refractivity contribution in [1.82, 2.24) is 0 Å². The molecule has 0 saturated carbocycles. The van der Waals surface area contributed by atoms with Gasteiger partial charge in [-0.15, -0.1) is 0 Å². The van der Waals surface area contributed by atoms with Gasteiger partial charge in [0.05, 0.1) is 5.54 Å². The minimum atomic E-state index is -0.345. The van der Waals surface area contributed by atoms with Gasteiger partial charge in [0.15, 0.2) is 0 Å². The Morgan fingerprint density at radius 1 is 1.15 bits per heavy atom. The molecular weight excluding hydrogens is 275 g/mol. The number of anilines is 1. The minimum Gasteiger partial charge on any atom is -0.378 e. The number of hydrogen-bond donors (Lipinski definition) is 2. The fraction of sp³-hybridized carbons (Fsp3) is 0.250. The van der Waals surface area contributed by atoms with Gasteiger partial charge in [0.2, 0.25) is 0 Å². The molecule has 3 N–H and O–H groups in total. The Morgan fingerprint density at radius 2 is 1.80 bits per heavy atom. The summed E-state index contributed by atoms with van der Waals surface area (Å²) in [6.45, 7) is 0.482. The molecule has 0 heterocycles. The first-order valence-corrected chi connectivity index (χ1v) is 6.99. The molecule has 20 heavy (non-hydrogen) atoms. The van der Waals surface area contributed by atoms with Crippen LogP contribution < -0.4 is 11.1 Å². The van der Waals surface area contributed by atoms with Gasteiger partial charge in [-0.2, -0.15) is 0 Å². The SMILES string of the molecule is NCC1(Nc2cc(F)cc(Cl)c2)Cc2ccccc2C1. The molecule has 0 spiro atoms. The van der Waals surface area contributed by atoms with Crippen LogP contribution in [-0.2, 0) is 12.8 Å². The van der Waals surface area contributed by atoms with Gasteiger partial charge in [-0.3, -0.25) is 0 Å². The third-order valence-electron chi connectivity index (χ3n) is 3.84. The van der Waals surface area contributed by atoms with Gasteiger partial charge in [-0.25, -0.2) is 4.39 Å². The Balaban J connectivity index is 1.89. The van der Waals surface area contributed by atoms with Crippen molar-refractivity contribution in [2.45, 2.75) is 18.4 Å². The standard InChI is InChI=1S/C16H16ClFN2/c17-13-5-14(18)7-15(6-13)20-16(10-19)8-11-3-1-2-4-12(11)9-16/h1-7,20H,8-10,19H2. The van der Waals surface area contributed by atoms with Gasteiger partial charge in [0, 0.05) is 17.3 Å². The summed E-state index contributed by atoms with van der Waals surface area (Å²) in [5.41, 5.74) is 8.99. The highest BCUT2D eigenvalue weighted by Gasteiger charge is 2.35. The van der Waals surface area contributed by atoms with Gasteiger partial charge in [-0.1, -0.05) is 35.9 Å². The van der Waals surface area contributed by atoms with Crippen LogP contribution in [0.1, 0.15) is 11.1 Å². The lowest BCUT2D eigenvalue weighted by molar-refractivity contribution is 0.503. The zero-order valence-electron chi connectivity index (χ0n) is 11.0. The summed E-state index contributed by atoms with van der Waals surface area (Å²) in [7, 11) is 0. The maximum atomic E-state index is 13.4. The maximum Gasteiger partial charge on any atom is 0.126 e. The van der Waals surface area contributed by atoms with Gasteiger partial charge in [-0.05, 0) is 42.2 Å². The highest BCUT2D eigenvalue weighted by Crippen LogP contribution is 2.33. The predicted molar refractivity (Wildman–Crippen MR) is 80.7 cm³/mol. The van der Waals surface area contributed by atoms with E-state index in [-0.39, 0.29) is 11.4 Å². The number of benzene rings is 2. The summed E-state index contributed by atoms with van der Waals surface area (Å²) in [4.78, 5) is 0. The van der Waals surface area contributed by atoms with Crippen LogP contribution in [0.5, 0.6) is 0 Å². The van der Waals surface area contributed by atoms with Crippen molar-refractivity contribution in [3.05, 3.63) is 64.4 Å². The van der Waals surface area contributed by atoms with Gasteiger partial charge in [0.25, 0.3) is 0 Å². The summed E-state index contributed by atoms with van der Waals surface area (Å²) < 4.78 is 13.4. The first-order valence-electron chi connectivity index (χ1n) is 6.61. The third kappa shape index (κ3) is 2.51. The second kappa shape index (κ2) is 5.08. The monoisotopic (exact) mass is 290 g/mol. The lowest BCUT2D eigenvalue weighted by atomic mass is 9.95. The van der Waals surface area contributed by atoms with E-state index in [1.807, 2.05) is 12.1 Å². The van der Waals surface area contributed by atoms with Gasteiger partial charge in [0.1, 0.15) is 5.82 Å². The smallest absolute Gasteiger partial charge is 0.126 e. The molecular formula is C16H16ClFN2. The Labute approximate surface area is 122 Å². The van der Waals surface area contributed by atoms with Crippen molar-refractivity contribution >= 4 is 17.3 Å². The fourth-order valence-electron chi connectivity index (χ4n) is 2.91. The highest BCUT2D eigenvalue weighted by atomic mass is 35.5. The molecule has 0 amide bonds. The molecule has 0 unspecified atom stereocenters. The van der Waals surface area contributed by atoms with E-state index in [0.29, 0.717) is 17.3 Å². The van der Waals surface area contributed by atoms with Crippen LogP contribution in [0.15, 0.2) is 42.5 Å². The van der Waals surface area contributed by atoms with Crippen LogP contribution in [-0.4, -0.2) is 12.1 Å². The van der Waals surface area contributed by atoms with E-state index >= 15 is 0 Å². The third-order valence-corrected chi connectivity index (χ3v) is 4.06. The molecule has 0 bridgehead atoms. The first kappa shape index (κ1) is 13.4. The largest absolute Gasteiger partial charge is 0.378 e. The maximum absolute atomic E-state index is 13.4. The Hall–Kier alpha value is -1.58. The van der Waals surface area contributed by atoms with E-state index in [4.69, 9.17) is 17.3 Å². The van der Waals surface area contributed by atoms with Crippen LogP contribution in [0.25, 0.3) is 0 Å². The number of fused-ring (bicyclic) bond motifs is 1. The molecule has 2 nitrogen and oxygen atoms in total. The van der Waals surface area contributed by atoms with Crippen molar-refractivity contribution in [2.24, 2.45) is 5.73 Å². The summed E-state index contributed by atoms with van der Waals surface area (Å²) in [5.74, 6) is -0.345. The molecule has 0 aliphatic heterocycles. The molecule has 2 aromatic rings. The summed E-state index contributed by atoms with van der Waals surface area (Å²) in [5, 5.41) is 3.77. The molecule has 1 aliphatic carbocycles. The minimum absolute atomic E-state index is 0.263. The first-order chi connectivity index (χ1) is 9.60. The molecule has 4 heteroatoms. The molecule has 0 radical (unpaired) electrons. The average molecular weight is 291 g/mol. The van der Waals surface area contributed by atoms with Crippen molar-refractivity contribution in [3.8, 4) is 0 Å². The molecule has 0 atom stereocenters. The van der Waals surface area contributed by atoms with Crippen molar-refractivity contribution in [3.63, 3.8) is 0 Å². The molecule has 104 valence electrons. The summed E-state index contributed by atoms with van der Waals surface area (Å²) >= 11 is 5.90. The van der Waals surface area contributed by atoms with E-state index in [1.165, 1.54) is 23.3 Å². The molecule has 0 saturated heterocycles. The van der Waals surface area contributed by atoms with Gasteiger partial charge < -0.3 is 11.1 Å². The van der Waals surface area contributed by atoms with E-state index < -0.39 is 0 Å². The number of rotatable bonds is 3. The van der Waals surface area contributed by atoms with E-state index in [1.54, 1.807) is 6.07 Å². The average Bonchev–Trinajstić information content (AvgIpc) is 2.76. The number of halogens is 2. The topological polar surface area (TPSA) is 38.0 Å². The predicted octanol–water partition coefficient (Wildman–Crippen LogP) is 3.39. The molecule has 0 aromatic heterocycles. The Kier molecular flexibility index (Phi) is 3.40. The Bertz CT molecular complexity index is 597. The lowest BCUT2D eigenvalue weighted by Gasteiger charge is -2.30. The quantitative estimate of drug-likeness (QED) is 0.909. The number of nitrogens with two attached hydrogens (primary N) is 1. The summed E-state index contributed by atoms with van der Waals surface area (Å²) in [6, 6.07) is 12.8. The van der Waals surface area contributed by atoms with E-state index in [0.717, 1.165) is 12.8 Å². The molecule has 1 aliphatic rings. The van der Waals surface area contributed by atoms with Crippen molar-refractivity contribution in [1.29, 1.82) is 0 Å². The van der Waals surface area contributed by atoms with Gasteiger partial charge >= 0.3 is 0 Å². The van der Waals surface area contributed by atoms with Crippen LogP contribution in [0.4, 0.5) is 10.1 Å².